The van der Waals surface area contributed by atoms with Crippen LogP contribution in [-0.4, -0.2) is 25.1 Å². The van der Waals surface area contributed by atoms with Gasteiger partial charge in [0.25, 0.3) is 0 Å². The van der Waals surface area contributed by atoms with Crippen molar-refractivity contribution in [1.29, 1.82) is 0 Å². The standard InChI is InChI=1S/C32H32N6/c1-6-8-27(24-9-7-12-33-17-24)28-16-31(36-22(28)5)32-29-15-23(10-11-30(29)37-38-32)25-14-26(19-34-18-25)35-21(4)13-20(2)3/h6-12,14-20,35-36H,1,4,13H2,2-3,5H3,(H,37,38)/b27-8-. The van der Waals surface area contributed by atoms with Gasteiger partial charge in [0, 0.05) is 52.1 Å². The third kappa shape index (κ3) is 5.20. The number of nitrogens with one attached hydrogen (secondary N) is 3. The summed E-state index contributed by atoms with van der Waals surface area (Å²) in [5, 5.41) is 12.3. The van der Waals surface area contributed by atoms with Crippen molar-refractivity contribution in [1.82, 2.24) is 25.1 Å². The van der Waals surface area contributed by atoms with Gasteiger partial charge in [0.15, 0.2) is 0 Å². The van der Waals surface area contributed by atoms with Crippen LogP contribution in [0.4, 0.5) is 5.69 Å². The molecule has 38 heavy (non-hydrogen) atoms. The van der Waals surface area contributed by atoms with Gasteiger partial charge in [-0.3, -0.25) is 15.1 Å². The Morgan fingerprint density at radius 3 is 2.68 bits per heavy atom. The molecule has 4 heterocycles. The summed E-state index contributed by atoms with van der Waals surface area (Å²) in [6, 6.07) is 14.6. The van der Waals surface area contributed by atoms with Crippen LogP contribution in [0.15, 0.2) is 98.3 Å². The second-order valence-electron chi connectivity index (χ2n) is 9.90. The molecule has 0 saturated heterocycles. The first-order valence-corrected chi connectivity index (χ1v) is 12.7. The van der Waals surface area contributed by atoms with Crippen LogP contribution in [0.1, 0.15) is 37.1 Å². The summed E-state index contributed by atoms with van der Waals surface area (Å²) in [5.41, 5.74) is 11.0. The average molecular weight is 501 g/mol. The highest BCUT2D eigenvalue weighted by atomic mass is 15.1. The monoisotopic (exact) mass is 500 g/mol. The van der Waals surface area contributed by atoms with E-state index in [9.17, 15) is 0 Å². The Balaban J connectivity index is 1.51. The molecule has 0 radical (unpaired) electrons. The van der Waals surface area contributed by atoms with E-state index in [-0.39, 0.29) is 0 Å². The van der Waals surface area contributed by atoms with Crippen LogP contribution in [-0.2, 0) is 0 Å². The zero-order chi connectivity index (χ0) is 26.6. The minimum Gasteiger partial charge on any atom is -0.358 e. The van der Waals surface area contributed by atoms with Crippen LogP contribution in [0.3, 0.4) is 0 Å². The molecule has 0 atom stereocenters. The molecule has 6 nitrogen and oxygen atoms in total. The van der Waals surface area contributed by atoms with Gasteiger partial charge in [-0.15, -0.1) is 0 Å². The van der Waals surface area contributed by atoms with E-state index in [0.29, 0.717) is 5.92 Å². The number of benzene rings is 1. The molecule has 5 rings (SSSR count). The van der Waals surface area contributed by atoms with E-state index < -0.39 is 0 Å². The van der Waals surface area contributed by atoms with Gasteiger partial charge in [0.2, 0.25) is 0 Å². The van der Waals surface area contributed by atoms with Crippen LogP contribution < -0.4 is 5.32 Å². The molecule has 0 spiro atoms. The number of rotatable bonds is 9. The zero-order valence-corrected chi connectivity index (χ0v) is 22.0. The van der Waals surface area contributed by atoms with Gasteiger partial charge in [-0.25, -0.2) is 0 Å². The van der Waals surface area contributed by atoms with Crippen molar-refractivity contribution < 1.29 is 0 Å². The minimum absolute atomic E-state index is 0.540. The lowest BCUT2D eigenvalue weighted by Gasteiger charge is -2.12. The van der Waals surface area contributed by atoms with Gasteiger partial charge in [-0.05, 0) is 60.7 Å². The molecular weight excluding hydrogens is 468 g/mol. The van der Waals surface area contributed by atoms with E-state index in [1.54, 1.807) is 12.3 Å². The first kappa shape index (κ1) is 25.0. The van der Waals surface area contributed by atoms with E-state index in [1.807, 2.05) is 30.7 Å². The summed E-state index contributed by atoms with van der Waals surface area (Å²) >= 11 is 0. The van der Waals surface area contributed by atoms with Crippen molar-refractivity contribution in [3.8, 4) is 22.5 Å². The van der Waals surface area contributed by atoms with Crippen molar-refractivity contribution in [2.24, 2.45) is 5.92 Å². The number of hydrogen-bond donors (Lipinski definition) is 3. The molecule has 0 unspecified atom stereocenters. The molecule has 0 bridgehead atoms. The fourth-order valence-electron chi connectivity index (χ4n) is 4.76. The molecule has 1 aromatic carbocycles. The summed E-state index contributed by atoms with van der Waals surface area (Å²) in [5.74, 6) is 0.540. The van der Waals surface area contributed by atoms with Gasteiger partial charge < -0.3 is 10.3 Å². The number of H-pyrrole nitrogens is 2. The van der Waals surface area contributed by atoms with Gasteiger partial charge in [-0.2, -0.15) is 5.10 Å². The quantitative estimate of drug-likeness (QED) is 0.180. The minimum atomic E-state index is 0.540. The van der Waals surface area contributed by atoms with Crippen molar-refractivity contribution in [2.45, 2.75) is 27.2 Å². The summed E-state index contributed by atoms with van der Waals surface area (Å²) in [7, 11) is 0. The number of nitrogens with zero attached hydrogens (tertiary/aromatic N) is 3. The summed E-state index contributed by atoms with van der Waals surface area (Å²) in [6.45, 7) is 14.5. The molecule has 0 aliphatic carbocycles. The Bertz CT molecular complexity index is 1640. The Morgan fingerprint density at radius 1 is 1.05 bits per heavy atom. The highest BCUT2D eigenvalue weighted by Crippen LogP contribution is 2.34. The zero-order valence-electron chi connectivity index (χ0n) is 22.0. The smallest absolute Gasteiger partial charge is 0.116 e. The summed E-state index contributed by atoms with van der Waals surface area (Å²) < 4.78 is 0. The molecule has 3 N–H and O–H groups in total. The van der Waals surface area contributed by atoms with Gasteiger partial charge in [-0.1, -0.05) is 51.3 Å². The van der Waals surface area contributed by atoms with Crippen molar-refractivity contribution in [3.63, 3.8) is 0 Å². The number of aryl methyl sites for hydroxylation is 1. The van der Waals surface area contributed by atoms with Crippen LogP contribution in [0.2, 0.25) is 0 Å². The molecule has 6 heteroatoms. The van der Waals surface area contributed by atoms with Crippen LogP contribution >= 0.6 is 0 Å². The molecule has 190 valence electrons. The van der Waals surface area contributed by atoms with Crippen molar-refractivity contribution in [2.75, 3.05) is 5.32 Å². The lowest BCUT2D eigenvalue weighted by molar-refractivity contribution is 0.645. The molecule has 4 aromatic heterocycles. The number of allylic oxidation sites excluding steroid dienone is 3. The van der Waals surface area contributed by atoms with Crippen molar-refractivity contribution >= 4 is 22.2 Å². The topological polar surface area (TPSA) is 82.3 Å². The number of anilines is 1. The fraction of sp³-hybridized carbons (Fsp3) is 0.156. The normalized spacial score (nSPS) is 11.7. The first-order valence-electron chi connectivity index (χ1n) is 12.7. The number of aromatic nitrogens is 5. The van der Waals surface area contributed by atoms with Crippen molar-refractivity contribution in [3.05, 3.63) is 115 Å². The Kier molecular flexibility index (Phi) is 7.05. The third-order valence-electron chi connectivity index (χ3n) is 6.43. The lowest BCUT2D eigenvalue weighted by Crippen LogP contribution is -2.02. The lowest BCUT2D eigenvalue weighted by atomic mass is 9.98. The largest absolute Gasteiger partial charge is 0.358 e. The first-order chi connectivity index (χ1) is 18.4. The van der Waals surface area contributed by atoms with Gasteiger partial charge in [0.05, 0.1) is 23.1 Å². The predicted octanol–water partition coefficient (Wildman–Crippen LogP) is 7.91. The number of fused-ring (bicyclic) bond motifs is 1. The summed E-state index contributed by atoms with van der Waals surface area (Å²) in [4.78, 5) is 12.3. The van der Waals surface area contributed by atoms with Crippen LogP contribution in [0, 0.1) is 12.8 Å². The van der Waals surface area contributed by atoms with Crippen LogP contribution in [0.5, 0.6) is 0 Å². The number of hydrogen-bond acceptors (Lipinski definition) is 4. The molecule has 0 fully saturated rings. The molecule has 0 aliphatic heterocycles. The number of pyridine rings is 2. The van der Waals surface area contributed by atoms with E-state index in [4.69, 9.17) is 0 Å². The SMILES string of the molecule is C=C/C=C(/c1cccnc1)c1cc(-c2n[nH]c3ccc(-c4cncc(NC(=C)CC(C)C)c4)cc23)[nH]c1C. The maximum atomic E-state index is 4.67. The Morgan fingerprint density at radius 2 is 1.92 bits per heavy atom. The average Bonchev–Trinajstić information content (AvgIpc) is 3.50. The highest BCUT2D eigenvalue weighted by molar-refractivity contribution is 5.96. The van der Waals surface area contributed by atoms with E-state index in [1.165, 1.54) is 0 Å². The van der Waals surface area contributed by atoms with E-state index in [2.05, 4.69) is 101 Å². The third-order valence-corrected chi connectivity index (χ3v) is 6.43. The second kappa shape index (κ2) is 10.7. The number of aromatic amines is 2. The predicted molar refractivity (Wildman–Crippen MR) is 158 cm³/mol. The fourth-order valence-corrected chi connectivity index (χ4v) is 4.76. The molecule has 0 amide bonds. The molecule has 0 aliphatic rings. The Labute approximate surface area is 223 Å². The van der Waals surface area contributed by atoms with Gasteiger partial charge in [0.1, 0.15) is 5.69 Å². The Hall–Kier alpha value is -4.71. The maximum absolute atomic E-state index is 4.67. The maximum Gasteiger partial charge on any atom is 0.116 e. The van der Waals surface area contributed by atoms with E-state index in [0.717, 1.165) is 73.6 Å². The summed E-state index contributed by atoms with van der Waals surface area (Å²) in [6.07, 6.45) is 12.1. The van der Waals surface area contributed by atoms with Gasteiger partial charge >= 0.3 is 0 Å². The van der Waals surface area contributed by atoms with Crippen LogP contribution in [0.25, 0.3) is 39.0 Å². The molecular formula is C32H32N6. The highest BCUT2D eigenvalue weighted by Gasteiger charge is 2.16. The second-order valence-corrected chi connectivity index (χ2v) is 9.90. The van der Waals surface area contributed by atoms with E-state index >= 15 is 0 Å². The molecule has 0 saturated carbocycles. The molecule has 5 aromatic rings.